The molecule has 1 aliphatic rings. The summed E-state index contributed by atoms with van der Waals surface area (Å²) in [5, 5.41) is 0. The zero-order valence-corrected chi connectivity index (χ0v) is 8.99. The summed E-state index contributed by atoms with van der Waals surface area (Å²) >= 11 is 0. The lowest BCUT2D eigenvalue weighted by molar-refractivity contribution is -0.185. The van der Waals surface area contributed by atoms with Crippen molar-refractivity contribution in [2.24, 2.45) is 5.41 Å². The fraction of sp³-hybridized carbons (Fsp3) is 0.333. The average Bonchev–Trinajstić information content (AvgIpc) is 2.24. The van der Waals surface area contributed by atoms with E-state index in [4.69, 9.17) is 0 Å². The topological polar surface area (TPSA) is 0 Å². The molecule has 0 aromatic carbocycles. The van der Waals surface area contributed by atoms with Crippen molar-refractivity contribution in [2.45, 2.75) is 18.8 Å². The Balaban J connectivity index is 3.11. The van der Waals surface area contributed by atoms with Crippen molar-refractivity contribution in [2.75, 3.05) is 0 Å². The van der Waals surface area contributed by atoms with Crippen molar-refractivity contribution in [3.63, 3.8) is 0 Å². The van der Waals surface area contributed by atoms with Crippen molar-refractivity contribution in [1.82, 2.24) is 0 Å². The number of hydrogen-bond acceptors (Lipinski definition) is 0. The summed E-state index contributed by atoms with van der Waals surface area (Å²) in [5.41, 5.74) is -4.07. The molecule has 0 aromatic rings. The molecule has 0 aromatic heterocycles. The smallest absolute Gasteiger partial charge is 0.169 e. The fourth-order valence-corrected chi connectivity index (χ4v) is 1.25. The van der Waals surface area contributed by atoms with Crippen molar-refractivity contribution < 1.29 is 26.3 Å². The maximum Gasteiger partial charge on any atom is 0.423 e. The highest BCUT2D eigenvalue weighted by Crippen LogP contribution is 2.44. The highest BCUT2D eigenvalue weighted by Gasteiger charge is 2.52. The largest absolute Gasteiger partial charge is 0.423 e. The molecular formula is C12H8F6. The Hall–Kier alpha value is -1.64. The second-order valence-electron chi connectivity index (χ2n) is 3.69. The van der Waals surface area contributed by atoms with Gasteiger partial charge in [-0.1, -0.05) is 42.7 Å². The molecule has 0 bridgehead atoms. The Morgan fingerprint density at radius 1 is 1.11 bits per heavy atom. The Bertz CT molecular complexity index is 452. The molecule has 98 valence electrons. The summed E-state index contributed by atoms with van der Waals surface area (Å²) in [4.78, 5) is 0. The van der Waals surface area contributed by atoms with E-state index in [0.29, 0.717) is 0 Å². The lowest BCUT2D eigenvalue weighted by Gasteiger charge is -2.28. The van der Waals surface area contributed by atoms with E-state index in [9.17, 15) is 26.3 Å². The molecule has 1 unspecified atom stereocenters. The maximum atomic E-state index is 12.8. The first kappa shape index (κ1) is 14.4. The van der Waals surface area contributed by atoms with E-state index in [-0.39, 0.29) is 0 Å². The number of hydrogen-bond donors (Lipinski definition) is 0. The van der Waals surface area contributed by atoms with E-state index < -0.39 is 29.8 Å². The summed E-state index contributed by atoms with van der Waals surface area (Å²) in [6.07, 6.45) is -5.61. The molecule has 1 aliphatic carbocycles. The molecule has 0 N–H and O–H groups in total. The van der Waals surface area contributed by atoms with Gasteiger partial charge in [-0.25, -0.2) is 0 Å². The van der Waals surface area contributed by atoms with Gasteiger partial charge in [0.2, 0.25) is 0 Å². The van der Waals surface area contributed by atoms with Crippen molar-refractivity contribution in [3.8, 4) is 11.8 Å². The molecule has 0 aliphatic heterocycles. The van der Waals surface area contributed by atoms with E-state index in [1.165, 1.54) is 18.1 Å². The van der Waals surface area contributed by atoms with Crippen LogP contribution in [0.5, 0.6) is 0 Å². The molecule has 0 saturated carbocycles. The van der Waals surface area contributed by atoms with Crippen LogP contribution in [-0.4, -0.2) is 12.4 Å². The standard InChI is InChI=1S/C12H8F6/c1-9(11(13,14)15)5-8-10(12(16,17)18)6-3-2-4-7-10/h2-4,6H,1,7H2. The summed E-state index contributed by atoms with van der Waals surface area (Å²) < 4.78 is 74.9. The van der Waals surface area contributed by atoms with Gasteiger partial charge in [0.05, 0.1) is 5.57 Å². The molecule has 1 rings (SSSR count). The lowest BCUT2D eigenvalue weighted by atomic mass is 9.81. The molecular weight excluding hydrogens is 258 g/mol. The summed E-state index contributed by atoms with van der Waals surface area (Å²) in [6, 6.07) is 0. The lowest BCUT2D eigenvalue weighted by Crippen LogP contribution is -2.35. The first-order valence-corrected chi connectivity index (χ1v) is 4.79. The van der Waals surface area contributed by atoms with Gasteiger partial charge in [0.15, 0.2) is 0 Å². The Morgan fingerprint density at radius 2 is 1.72 bits per heavy atom. The minimum atomic E-state index is -4.81. The SMILES string of the molecule is C=C(C#CC1(C(F)(F)F)C=CC=CC1)C(F)(F)F. The van der Waals surface area contributed by atoms with Crippen LogP contribution in [0.25, 0.3) is 0 Å². The highest BCUT2D eigenvalue weighted by molar-refractivity contribution is 5.37. The average molecular weight is 266 g/mol. The number of allylic oxidation sites excluding steroid dienone is 5. The van der Waals surface area contributed by atoms with Crippen molar-refractivity contribution in [1.29, 1.82) is 0 Å². The molecule has 0 amide bonds. The van der Waals surface area contributed by atoms with E-state index in [2.05, 4.69) is 6.58 Å². The summed E-state index contributed by atoms with van der Waals surface area (Å²) in [6.45, 7) is 2.62. The third-order valence-electron chi connectivity index (χ3n) is 2.35. The molecule has 0 fully saturated rings. The molecule has 1 atom stereocenters. The molecule has 0 saturated heterocycles. The van der Waals surface area contributed by atoms with Gasteiger partial charge in [-0.15, -0.1) is 0 Å². The van der Waals surface area contributed by atoms with Gasteiger partial charge in [0, 0.05) is 0 Å². The van der Waals surface area contributed by atoms with Gasteiger partial charge in [-0.05, 0) is 6.42 Å². The second kappa shape index (κ2) is 4.56. The Kier molecular flexibility index (Phi) is 3.65. The number of halogens is 6. The highest BCUT2D eigenvalue weighted by atomic mass is 19.4. The second-order valence-corrected chi connectivity index (χ2v) is 3.69. The van der Waals surface area contributed by atoms with E-state index in [1.807, 2.05) is 0 Å². The summed E-state index contributed by atoms with van der Waals surface area (Å²) in [7, 11) is 0. The number of alkyl halides is 6. The van der Waals surface area contributed by atoms with E-state index in [0.717, 1.165) is 12.2 Å². The van der Waals surface area contributed by atoms with Gasteiger partial charge >= 0.3 is 12.4 Å². The zero-order valence-electron chi connectivity index (χ0n) is 8.99. The van der Waals surface area contributed by atoms with Crippen LogP contribution in [0, 0.1) is 17.3 Å². The quantitative estimate of drug-likeness (QED) is 0.456. The van der Waals surface area contributed by atoms with Gasteiger partial charge < -0.3 is 0 Å². The van der Waals surface area contributed by atoms with Crippen LogP contribution in [0.1, 0.15) is 6.42 Å². The van der Waals surface area contributed by atoms with Crippen LogP contribution in [0.15, 0.2) is 36.5 Å². The van der Waals surface area contributed by atoms with E-state index in [1.54, 1.807) is 5.92 Å². The molecule has 0 radical (unpaired) electrons. The van der Waals surface area contributed by atoms with Gasteiger partial charge in [-0.3, -0.25) is 0 Å². The molecule has 0 nitrogen and oxygen atoms in total. The van der Waals surface area contributed by atoms with Crippen LogP contribution in [0.2, 0.25) is 0 Å². The van der Waals surface area contributed by atoms with Crippen molar-refractivity contribution >= 4 is 0 Å². The number of rotatable bonds is 0. The monoisotopic (exact) mass is 266 g/mol. The molecule has 6 heteroatoms. The van der Waals surface area contributed by atoms with Gasteiger partial charge in [0.25, 0.3) is 0 Å². The third-order valence-corrected chi connectivity index (χ3v) is 2.35. The van der Waals surface area contributed by atoms with Gasteiger partial charge in [0.1, 0.15) is 5.41 Å². The predicted molar refractivity (Wildman–Crippen MR) is 54.4 cm³/mol. The van der Waals surface area contributed by atoms with Crippen LogP contribution >= 0.6 is 0 Å². The van der Waals surface area contributed by atoms with Crippen LogP contribution < -0.4 is 0 Å². The zero-order chi connectivity index (χ0) is 14.0. The fourth-order valence-electron chi connectivity index (χ4n) is 1.25. The first-order valence-electron chi connectivity index (χ1n) is 4.79. The minimum absolute atomic E-state index is 0.509. The van der Waals surface area contributed by atoms with Crippen LogP contribution in [0.3, 0.4) is 0 Å². The van der Waals surface area contributed by atoms with Gasteiger partial charge in [-0.2, -0.15) is 26.3 Å². The van der Waals surface area contributed by atoms with E-state index >= 15 is 0 Å². The molecule has 0 spiro atoms. The summed E-state index contributed by atoms with van der Waals surface area (Å²) in [5.74, 6) is 3.11. The van der Waals surface area contributed by atoms with Crippen LogP contribution in [-0.2, 0) is 0 Å². The molecule has 0 heterocycles. The maximum absolute atomic E-state index is 12.8. The Morgan fingerprint density at radius 3 is 2.11 bits per heavy atom. The van der Waals surface area contributed by atoms with Crippen molar-refractivity contribution in [3.05, 3.63) is 36.5 Å². The minimum Gasteiger partial charge on any atom is -0.169 e. The van der Waals surface area contributed by atoms with Crippen LogP contribution in [0.4, 0.5) is 26.3 Å². The predicted octanol–water partition coefficient (Wildman–Crippen LogP) is 4.17. The molecule has 18 heavy (non-hydrogen) atoms. The first-order chi connectivity index (χ1) is 8.08. The Labute approximate surface area is 99.7 Å². The third kappa shape index (κ3) is 2.97. The normalized spacial score (nSPS) is 23.4.